The first-order chi connectivity index (χ1) is 6.22. The van der Waals surface area contributed by atoms with Gasteiger partial charge in [-0.2, -0.15) is 0 Å². The molecular weight excluding hydrogens is 185 g/mol. The molecular formula is C10H14FNS. The fourth-order valence-electron chi connectivity index (χ4n) is 0.973. The molecule has 0 aliphatic heterocycles. The van der Waals surface area contributed by atoms with Crippen LogP contribution in [0.15, 0.2) is 29.2 Å². The van der Waals surface area contributed by atoms with Gasteiger partial charge in [-0.25, -0.2) is 4.39 Å². The average molecular weight is 199 g/mol. The number of nitrogens with two attached hydrogens (primary N) is 1. The van der Waals surface area contributed by atoms with Gasteiger partial charge in [0.1, 0.15) is 6.17 Å². The third-order valence-corrected chi connectivity index (χ3v) is 2.83. The van der Waals surface area contributed by atoms with E-state index in [0.29, 0.717) is 12.3 Å². The Morgan fingerprint density at radius 2 is 2.31 bits per heavy atom. The Hall–Kier alpha value is -0.540. The highest BCUT2D eigenvalue weighted by atomic mass is 32.2. The van der Waals surface area contributed by atoms with E-state index in [9.17, 15) is 4.39 Å². The van der Waals surface area contributed by atoms with Crippen LogP contribution < -0.4 is 5.73 Å². The van der Waals surface area contributed by atoms with Gasteiger partial charge in [-0.05, 0) is 24.6 Å². The van der Waals surface area contributed by atoms with Crippen LogP contribution in [0.3, 0.4) is 0 Å². The van der Waals surface area contributed by atoms with Crippen molar-refractivity contribution in [3.63, 3.8) is 0 Å². The van der Waals surface area contributed by atoms with Gasteiger partial charge in [0, 0.05) is 17.2 Å². The summed E-state index contributed by atoms with van der Waals surface area (Å²) in [7, 11) is 0. The molecule has 72 valence electrons. The highest BCUT2D eigenvalue weighted by Gasteiger charge is 2.00. The van der Waals surface area contributed by atoms with Gasteiger partial charge >= 0.3 is 0 Å². The molecule has 13 heavy (non-hydrogen) atoms. The van der Waals surface area contributed by atoms with Gasteiger partial charge in [0.05, 0.1) is 0 Å². The van der Waals surface area contributed by atoms with E-state index in [1.807, 2.05) is 24.3 Å². The SMILES string of the molecule is CC(F)CSc1cccc(CN)c1. The fraction of sp³-hybridized carbons (Fsp3) is 0.400. The van der Waals surface area contributed by atoms with Gasteiger partial charge < -0.3 is 5.73 Å². The molecule has 0 aliphatic rings. The number of benzene rings is 1. The summed E-state index contributed by atoms with van der Waals surface area (Å²) in [4.78, 5) is 1.09. The van der Waals surface area contributed by atoms with Gasteiger partial charge in [-0.3, -0.25) is 0 Å². The van der Waals surface area contributed by atoms with E-state index in [-0.39, 0.29) is 0 Å². The Morgan fingerprint density at radius 1 is 1.54 bits per heavy atom. The zero-order valence-electron chi connectivity index (χ0n) is 7.66. The topological polar surface area (TPSA) is 26.0 Å². The number of rotatable bonds is 4. The normalized spacial score (nSPS) is 12.8. The van der Waals surface area contributed by atoms with Gasteiger partial charge in [0.25, 0.3) is 0 Å². The van der Waals surface area contributed by atoms with Crippen molar-refractivity contribution in [2.45, 2.75) is 24.5 Å². The second-order valence-corrected chi connectivity index (χ2v) is 4.04. The van der Waals surface area contributed by atoms with Gasteiger partial charge in [-0.15, -0.1) is 11.8 Å². The predicted molar refractivity (Wildman–Crippen MR) is 55.6 cm³/mol. The van der Waals surface area contributed by atoms with E-state index in [1.165, 1.54) is 11.8 Å². The molecule has 1 nitrogen and oxygen atoms in total. The fourth-order valence-corrected chi connectivity index (χ4v) is 1.80. The summed E-state index contributed by atoms with van der Waals surface area (Å²) in [6.45, 7) is 2.11. The smallest absolute Gasteiger partial charge is 0.107 e. The van der Waals surface area contributed by atoms with Crippen LogP contribution in [0.4, 0.5) is 4.39 Å². The number of halogens is 1. The Balaban J connectivity index is 2.56. The minimum absolute atomic E-state index is 0.508. The Kier molecular flexibility index (Phi) is 4.25. The first kappa shape index (κ1) is 10.5. The molecule has 0 saturated heterocycles. The van der Waals surface area contributed by atoms with Crippen LogP contribution >= 0.6 is 11.8 Å². The van der Waals surface area contributed by atoms with E-state index >= 15 is 0 Å². The zero-order chi connectivity index (χ0) is 9.68. The molecule has 3 heteroatoms. The van der Waals surface area contributed by atoms with E-state index in [4.69, 9.17) is 5.73 Å². The highest BCUT2D eigenvalue weighted by molar-refractivity contribution is 7.99. The summed E-state index contributed by atoms with van der Waals surface area (Å²) >= 11 is 1.53. The highest BCUT2D eigenvalue weighted by Crippen LogP contribution is 2.20. The molecule has 1 rings (SSSR count). The number of hydrogen-bond acceptors (Lipinski definition) is 2. The third-order valence-electron chi connectivity index (χ3n) is 1.61. The van der Waals surface area contributed by atoms with Crippen LogP contribution in [0.1, 0.15) is 12.5 Å². The first-order valence-corrected chi connectivity index (χ1v) is 5.27. The number of alkyl halides is 1. The van der Waals surface area contributed by atoms with E-state index in [2.05, 4.69) is 0 Å². The van der Waals surface area contributed by atoms with Gasteiger partial charge in [0.15, 0.2) is 0 Å². The van der Waals surface area contributed by atoms with E-state index in [0.717, 1.165) is 10.5 Å². The maximum absolute atomic E-state index is 12.5. The van der Waals surface area contributed by atoms with Crippen LogP contribution in [-0.2, 0) is 6.54 Å². The van der Waals surface area contributed by atoms with E-state index < -0.39 is 6.17 Å². The molecule has 0 saturated carbocycles. The van der Waals surface area contributed by atoms with Crippen LogP contribution in [0.5, 0.6) is 0 Å². The summed E-state index contributed by atoms with van der Waals surface area (Å²) in [5.74, 6) is 0.508. The molecule has 1 atom stereocenters. The number of hydrogen-bond donors (Lipinski definition) is 1. The molecule has 1 aromatic rings. The van der Waals surface area contributed by atoms with Gasteiger partial charge in [0.2, 0.25) is 0 Å². The van der Waals surface area contributed by atoms with Crippen molar-refractivity contribution >= 4 is 11.8 Å². The molecule has 0 heterocycles. The molecule has 0 aromatic heterocycles. The maximum Gasteiger partial charge on any atom is 0.107 e. The predicted octanol–water partition coefficient (Wildman–Crippen LogP) is 2.60. The third kappa shape index (κ3) is 3.79. The molecule has 1 unspecified atom stereocenters. The maximum atomic E-state index is 12.5. The Bertz CT molecular complexity index is 263. The molecule has 0 fully saturated rings. The number of thioether (sulfide) groups is 1. The van der Waals surface area contributed by atoms with Crippen LogP contribution in [0, 0.1) is 0 Å². The second kappa shape index (κ2) is 5.25. The lowest BCUT2D eigenvalue weighted by Crippen LogP contribution is -1.97. The van der Waals surface area contributed by atoms with Crippen molar-refractivity contribution in [3.05, 3.63) is 29.8 Å². The largest absolute Gasteiger partial charge is 0.326 e. The van der Waals surface area contributed by atoms with Crippen molar-refractivity contribution in [3.8, 4) is 0 Å². The van der Waals surface area contributed by atoms with Gasteiger partial charge in [-0.1, -0.05) is 12.1 Å². The lowest BCUT2D eigenvalue weighted by molar-refractivity contribution is 0.398. The summed E-state index contributed by atoms with van der Waals surface area (Å²) in [6.07, 6.45) is -0.758. The average Bonchev–Trinajstić information content (AvgIpc) is 2.15. The monoisotopic (exact) mass is 199 g/mol. The van der Waals surface area contributed by atoms with Crippen molar-refractivity contribution in [2.75, 3.05) is 5.75 Å². The minimum atomic E-state index is -0.758. The quantitative estimate of drug-likeness (QED) is 0.754. The van der Waals surface area contributed by atoms with Crippen molar-refractivity contribution in [1.29, 1.82) is 0 Å². The molecule has 0 bridgehead atoms. The molecule has 1 aromatic carbocycles. The molecule has 0 aliphatic carbocycles. The minimum Gasteiger partial charge on any atom is -0.326 e. The first-order valence-electron chi connectivity index (χ1n) is 4.28. The molecule has 2 N–H and O–H groups in total. The van der Waals surface area contributed by atoms with Crippen LogP contribution in [-0.4, -0.2) is 11.9 Å². The second-order valence-electron chi connectivity index (χ2n) is 2.94. The molecule has 0 spiro atoms. The summed E-state index contributed by atoms with van der Waals surface area (Å²) in [5.41, 5.74) is 6.59. The standard InChI is InChI=1S/C10H14FNS/c1-8(11)7-13-10-4-2-3-9(5-10)6-12/h2-5,8H,6-7,12H2,1H3. The van der Waals surface area contributed by atoms with E-state index in [1.54, 1.807) is 6.92 Å². The summed E-state index contributed by atoms with van der Waals surface area (Å²) < 4.78 is 12.5. The lowest BCUT2D eigenvalue weighted by Gasteiger charge is -2.03. The summed E-state index contributed by atoms with van der Waals surface area (Å²) in [6, 6.07) is 7.91. The lowest BCUT2D eigenvalue weighted by atomic mass is 10.2. The van der Waals surface area contributed by atoms with Crippen molar-refractivity contribution in [1.82, 2.24) is 0 Å². The van der Waals surface area contributed by atoms with Crippen molar-refractivity contribution < 1.29 is 4.39 Å². The Labute approximate surface area is 82.5 Å². The Morgan fingerprint density at radius 3 is 2.92 bits per heavy atom. The van der Waals surface area contributed by atoms with Crippen LogP contribution in [0.2, 0.25) is 0 Å². The molecule has 0 radical (unpaired) electrons. The molecule has 0 amide bonds. The van der Waals surface area contributed by atoms with Crippen LogP contribution in [0.25, 0.3) is 0 Å². The van der Waals surface area contributed by atoms with Crippen molar-refractivity contribution in [2.24, 2.45) is 5.73 Å². The summed E-state index contributed by atoms with van der Waals surface area (Å²) in [5, 5.41) is 0. The zero-order valence-corrected chi connectivity index (χ0v) is 8.48.